The summed E-state index contributed by atoms with van der Waals surface area (Å²) in [5.41, 5.74) is 7.57. The van der Waals surface area contributed by atoms with E-state index >= 15 is 0 Å². The van der Waals surface area contributed by atoms with Gasteiger partial charge in [-0.3, -0.25) is 14.4 Å². The minimum Gasteiger partial charge on any atom is -0.480 e. The van der Waals surface area contributed by atoms with Gasteiger partial charge in [0.1, 0.15) is 12.1 Å². The molecule has 3 unspecified atom stereocenters. The smallest absolute Gasteiger partial charge is 0.326 e. The van der Waals surface area contributed by atoms with E-state index in [-0.39, 0.29) is 18.9 Å². The zero-order valence-corrected chi connectivity index (χ0v) is 19.4. The molecule has 2 aromatic carbocycles. The Kier molecular flexibility index (Phi) is 10.2. The molecular weight excluding hydrogens is 436 g/mol. The van der Waals surface area contributed by atoms with Gasteiger partial charge < -0.3 is 26.8 Å². The molecule has 0 heterocycles. The van der Waals surface area contributed by atoms with E-state index in [0.717, 1.165) is 11.1 Å². The van der Waals surface area contributed by atoms with E-state index in [4.69, 9.17) is 5.73 Å². The topological polar surface area (TPSA) is 151 Å². The van der Waals surface area contributed by atoms with Crippen LogP contribution >= 0.6 is 0 Å². The van der Waals surface area contributed by atoms with E-state index < -0.39 is 41.8 Å². The first-order valence-corrected chi connectivity index (χ1v) is 11.1. The van der Waals surface area contributed by atoms with Crippen LogP contribution in [-0.2, 0) is 32.0 Å². The minimum absolute atomic E-state index is 0.107. The fourth-order valence-electron chi connectivity index (χ4n) is 3.33. The number of nitrogens with two attached hydrogens (primary N) is 1. The molecule has 9 nitrogen and oxygen atoms in total. The van der Waals surface area contributed by atoms with Gasteiger partial charge in [0.2, 0.25) is 17.7 Å². The second kappa shape index (κ2) is 13.1. The van der Waals surface area contributed by atoms with Gasteiger partial charge in [-0.15, -0.1) is 0 Å². The molecule has 9 heteroatoms. The number of aliphatic carboxylic acids is 1. The largest absolute Gasteiger partial charge is 0.480 e. The van der Waals surface area contributed by atoms with Crippen molar-refractivity contribution in [1.29, 1.82) is 0 Å². The predicted molar refractivity (Wildman–Crippen MR) is 128 cm³/mol. The number of hydrogen-bond donors (Lipinski definition) is 5. The van der Waals surface area contributed by atoms with Crippen LogP contribution in [0.4, 0.5) is 0 Å². The molecule has 6 N–H and O–H groups in total. The van der Waals surface area contributed by atoms with Crippen LogP contribution in [-0.4, -0.2) is 53.5 Å². The van der Waals surface area contributed by atoms with Crippen molar-refractivity contribution in [2.45, 2.75) is 44.8 Å². The van der Waals surface area contributed by atoms with Crippen molar-refractivity contribution < 1.29 is 24.3 Å². The van der Waals surface area contributed by atoms with Gasteiger partial charge in [-0.25, -0.2) is 4.79 Å². The predicted octanol–water partition coefficient (Wildman–Crippen LogP) is 0.626. The second-order valence-corrected chi connectivity index (χ2v) is 8.39. The third kappa shape index (κ3) is 8.67. The van der Waals surface area contributed by atoms with E-state index in [2.05, 4.69) is 16.0 Å². The molecule has 0 radical (unpaired) electrons. The zero-order valence-electron chi connectivity index (χ0n) is 19.4. The van der Waals surface area contributed by atoms with Gasteiger partial charge in [-0.05, 0) is 23.5 Å². The summed E-state index contributed by atoms with van der Waals surface area (Å²) in [5.74, 6) is -3.17. The quantitative estimate of drug-likeness (QED) is 0.308. The Balaban J connectivity index is 1.89. The molecular formula is C25H32N4O5. The standard InChI is InChI=1S/C25H32N4O5/c1-16(2)22(24(32)28-20(25(33)34)14-18-11-7-4-8-12-18)29-21(30)15-27-23(31)19(26)13-17-9-5-3-6-10-17/h3-12,16,19-20,22H,13-15,26H2,1-2H3,(H,27,31)(H,28,32)(H,29,30)(H,33,34). The fourth-order valence-corrected chi connectivity index (χ4v) is 3.33. The molecule has 3 amide bonds. The van der Waals surface area contributed by atoms with E-state index in [1.165, 1.54) is 0 Å². The summed E-state index contributed by atoms with van der Waals surface area (Å²) in [6.45, 7) is 3.10. The van der Waals surface area contributed by atoms with Crippen LogP contribution in [0.25, 0.3) is 0 Å². The lowest BCUT2D eigenvalue weighted by atomic mass is 10.0. The highest BCUT2D eigenvalue weighted by Gasteiger charge is 2.29. The maximum Gasteiger partial charge on any atom is 0.326 e. The number of rotatable bonds is 12. The first kappa shape index (κ1) is 26.5. The van der Waals surface area contributed by atoms with Crippen molar-refractivity contribution in [3.8, 4) is 0 Å². The lowest BCUT2D eigenvalue weighted by Gasteiger charge is -2.24. The number of benzene rings is 2. The molecule has 2 aromatic rings. The van der Waals surface area contributed by atoms with E-state index in [1.807, 2.05) is 36.4 Å². The molecule has 0 aliphatic heterocycles. The summed E-state index contributed by atoms with van der Waals surface area (Å²) >= 11 is 0. The number of carboxylic acid groups (broad SMARTS) is 1. The first-order valence-electron chi connectivity index (χ1n) is 11.1. The third-order valence-corrected chi connectivity index (χ3v) is 5.22. The molecule has 2 rings (SSSR count). The molecule has 0 saturated heterocycles. The average molecular weight is 469 g/mol. The fraction of sp³-hybridized carbons (Fsp3) is 0.360. The summed E-state index contributed by atoms with van der Waals surface area (Å²) < 4.78 is 0. The molecule has 34 heavy (non-hydrogen) atoms. The maximum absolute atomic E-state index is 12.8. The van der Waals surface area contributed by atoms with Crippen molar-refractivity contribution in [2.75, 3.05) is 6.54 Å². The van der Waals surface area contributed by atoms with Crippen molar-refractivity contribution in [1.82, 2.24) is 16.0 Å². The van der Waals surface area contributed by atoms with Crippen LogP contribution in [0.3, 0.4) is 0 Å². The lowest BCUT2D eigenvalue weighted by molar-refractivity contribution is -0.142. The number of carbonyl (C=O) groups is 4. The van der Waals surface area contributed by atoms with Crippen LogP contribution in [0.5, 0.6) is 0 Å². The van der Waals surface area contributed by atoms with E-state index in [9.17, 15) is 24.3 Å². The highest BCUT2D eigenvalue weighted by Crippen LogP contribution is 2.07. The van der Waals surface area contributed by atoms with Gasteiger partial charge in [0, 0.05) is 6.42 Å². The summed E-state index contributed by atoms with van der Waals surface area (Å²) in [6.07, 6.45) is 0.430. The second-order valence-electron chi connectivity index (χ2n) is 8.39. The van der Waals surface area contributed by atoms with Crippen molar-refractivity contribution >= 4 is 23.7 Å². The van der Waals surface area contributed by atoms with E-state index in [0.29, 0.717) is 6.42 Å². The minimum atomic E-state index is -1.18. The van der Waals surface area contributed by atoms with Crippen LogP contribution in [0.15, 0.2) is 60.7 Å². The third-order valence-electron chi connectivity index (χ3n) is 5.22. The lowest BCUT2D eigenvalue weighted by Crippen LogP contribution is -2.56. The first-order chi connectivity index (χ1) is 16.2. The number of nitrogens with one attached hydrogen (secondary N) is 3. The van der Waals surface area contributed by atoms with E-state index in [1.54, 1.807) is 38.1 Å². The average Bonchev–Trinajstić information content (AvgIpc) is 2.81. The summed E-state index contributed by atoms with van der Waals surface area (Å²) in [5, 5.41) is 17.1. The van der Waals surface area contributed by atoms with Crippen LogP contribution in [0.1, 0.15) is 25.0 Å². The van der Waals surface area contributed by atoms with Gasteiger partial charge in [-0.2, -0.15) is 0 Å². The monoisotopic (exact) mass is 468 g/mol. The Morgan fingerprint density at radius 1 is 0.824 bits per heavy atom. The number of amides is 3. The molecule has 3 atom stereocenters. The summed E-state index contributed by atoms with van der Waals surface area (Å²) in [6, 6.07) is 15.2. The molecule has 0 aromatic heterocycles. The highest BCUT2D eigenvalue weighted by atomic mass is 16.4. The summed E-state index contributed by atoms with van der Waals surface area (Å²) in [7, 11) is 0. The Bertz CT molecular complexity index is 966. The number of hydrogen-bond acceptors (Lipinski definition) is 5. The SMILES string of the molecule is CC(C)C(NC(=O)CNC(=O)C(N)Cc1ccccc1)C(=O)NC(Cc1ccccc1)C(=O)O. The molecule has 0 spiro atoms. The van der Waals surface area contributed by atoms with Crippen LogP contribution in [0.2, 0.25) is 0 Å². The molecule has 0 aliphatic carbocycles. The zero-order chi connectivity index (χ0) is 25.1. The molecule has 0 aliphatic rings. The van der Waals surface area contributed by atoms with Crippen molar-refractivity contribution in [3.63, 3.8) is 0 Å². The maximum atomic E-state index is 12.8. The Labute approximate surface area is 199 Å². The van der Waals surface area contributed by atoms with Crippen molar-refractivity contribution in [3.05, 3.63) is 71.8 Å². The Hall–Kier alpha value is -3.72. The van der Waals surface area contributed by atoms with Gasteiger partial charge in [-0.1, -0.05) is 74.5 Å². The molecule has 0 fully saturated rings. The number of carboxylic acids is 1. The van der Waals surface area contributed by atoms with Crippen molar-refractivity contribution in [2.24, 2.45) is 11.7 Å². The Morgan fingerprint density at radius 3 is 1.85 bits per heavy atom. The summed E-state index contributed by atoms with van der Waals surface area (Å²) in [4.78, 5) is 49.1. The van der Waals surface area contributed by atoms with Crippen LogP contribution in [0, 0.1) is 5.92 Å². The molecule has 182 valence electrons. The number of carbonyl (C=O) groups excluding carboxylic acids is 3. The van der Waals surface area contributed by atoms with Gasteiger partial charge in [0.15, 0.2) is 0 Å². The van der Waals surface area contributed by atoms with Gasteiger partial charge in [0.05, 0.1) is 12.6 Å². The molecule has 0 saturated carbocycles. The van der Waals surface area contributed by atoms with Gasteiger partial charge >= 0.3 is 5.97 Å². The normalized spacial score (nSPS) is 13.4. The van der Waals surface area contributed by atoms with Crippen LogP contribution < -0.4 is 21.7 Å². The highest BCUT2D eigenvalue weighted by molar-refractivity contribution is 5.92. The molecule has 0 bridgehead atoms. The van der Waals surface area contributed by atoms with Gasteiger partial charge in [0.25, 0.3) is 0 Å². The Morgan fingerprint density at radius 2 is 1.35 bits per heavy atom.